The van der Waals surface area contributed by atoms with E-state index >= 15 is 0 Å². The van der Waals surface area contributed by atoms with Gasteiger partial charge in [0, 0.05) is 16.8 Å². The topological polar surface area (TPSA) is 111 Å². The molecule has 0 saturated heterocycles. The summed E-state index contributed by atoms with van der Waals surface area (Å²) in [6.07, 6.45) is 0. The van der Waals surface area contributed by atoms with E-state index in [0.717, 1.165) is 5.56 Å². The van der Waals surface area contributed by atoms with Crippen LogP contribution in [-0.4, -0.2) is 24.4 Å². The normalized spacial score (nSPS) is 11.2. The molecule has 1 N–H and O–H groups in total. The lowest BCUT2D eigenvalue weighted by molar-refractivity contribution is 0.101. The minimum atomic E-state index is -3.78. The molecular weight excluding hydrogens is 430 g/mol. The van der Waals surface area contributed by atoms with Crippen LogP contribution in [-0.2, 0) is 16.6 Å². The number of ether oxygens (including phenoxy) is 1. The predicted octanol–water partition coefficient (Wildman–Crippen LogP) is 4.32. The van der Waals surface area contributed by atoms with Crippen LogP contribution in [0.1, 0.15) is 23.2 Å². The van der Waals surface area contributed by atoms with Gasteiger partial charge in [-0.15, -0.1) is 10.2 Å². The summed E-state index contributed by atoms with van der Waals surface area (Å²) >= 11 is 0. The molecule has 3 aromatic carbocycles. The summed E-state index contributed by atoms with van der Waals surface area (Å²) in [5.41, 5.74) is 1.64. The fourth-order valence-electron chi connectivity index (χ4n) is 2.86. The Labute approximate surface area is 184 Å². The number of nitrogens with one attached hydrogen (secondary N) is 1. The second kappa shape index (κ2) is 9.03. The highest BCUT2D eigenvalue weighted by Gasteiger charge is 2.15. The molecule has 162 valence electrons. The Kier molecular flexibility index (Phi) is 6.00. The van der Waals surface area contributed by atoms with Gasteiger partial charge in [0.2, 0.25) is 5.89 Å². The third-order valence-corrected chi connectivity index (χ3v) is 5.92. The number of carbonyl (C=O) groups excluding carboxylic acids is 1. The third-order valence-electron chi connectivity index (χ3n) is 4.53. The fourth-order valence-corrected chi connectivity index (χ4v) is 3.92. The van der Waals surface area contributed by atoms with Crippen molar-refractivity contribution in [3.63, 3.8) is 0 Å². The summed E-state index contributed by atoms with van der Waals surface area (Å²) in [5.74, 6) is 1.11. The van der Waals surface area contributed by atoms with Crippen LogP contribution in [0.15, 0.2) is 88.2 Å². The largest absolute Gasteiger partial charge is 0.484 e. The first kappa shape index (κ1) is 21.3. The summed E-state index contributed by atoms with van der Waals surface area (Å²) in [5, 5.41) is 7.97. The van der Waals surface area contributed by atoms with Crippen molar-refractivity contribution in [3.05, 3.63) is 90.3 Å². The minimum absolute atomic E-state index is 0.0634. The molecule has 0 amide bonds. The van der Waals surface area contributed by atoms with E-state index in [9.17, 15) is 13.2 Å². The molecule has 1 aromatic heterocycles. The molecule has 0 aliphatic heterocycles. The van der Waals surface area contributed by atoms with Crippen molar-refractivity contribution in [1.29, 1.82) is 0 Å². The van der Waals surface area contributed by atoms with E-state index in [2.05, 4.69) is 14.9 Å². The lowest BCUT2D eigenvalue weighted by Crippen LogP contribution is -2.13. The Morgan fingerprint density at radius 1 is 0.938 bits per heavy atom. The minimum Gasteiger partial charge on any atom is -0.484 e. The van der Waals surface area contributed by atoms with Gasteiger partial charge in [0.1, 0.15) is 5.75 Å². The molecule has 32 heavy (non-hydrogen) atoms. The molecule has 4 aromatic rings. The molecular formula is C23H19N3O5S. The molecule has 0 aliphatic carbocycles. The van der Waals surface area contributed by atoms with E-state index in [1.807, 2.05) is 30.3 Å². The SMILES string of the molecule is CC(=O)c1ccc(S(=O)(=O)Nc2ccc(OCc3nnc(-c4ccccc4)o3)cc2)cc1. The van der Waals surface area contributed by atoms with Crippen molar-refractivity contribution in [2.45, 2.75) is 18.4 Å². The average Bonchev–Trinajstić information content (AvgIpc) is 3.28. The van der Waals surface area contributed by atoms with Gasteiger partial charge >= 0.3 is 0 Å². The van der Waals surface area contributed by atoms with Crippen LogP contribution in [0, 0.1) is 0 Å². The lowest BCUT2D eigenvalue weighted by atomic mass is 10.2. The van der Waals surface area contributed by atoms with E-state index in [1.165, 1.54) is 31.2 Å². The first-order chi connectivity index (χ1) is 15.4. The van der Waals surface area contributed by atoms with Crippen LogP contribution in [0.4, 0.5) is 5.69 Å². The van der Waals surface area contributed by atoms with Gasteiger partial charge in [-0.3, -0.25) is 9.52 Å². The second-order valence-electron chi connectivity index (χ2n) is 6.87. The van der Waals surface area contributed by atoms with Gasteiger partial charge in [0.25, 0.3) is 15.9 Å². The van der Waals surface area contributed by atoms with Crippen molar-refractivity contribution in [2.24, 2.45) is 0 Å². The first-order valence-electron chi connectivity index (χ1n) is 9.65. The molecule has 8 nitrogen and oxygen atoms in total. The number of sulfonamides is 1. The number of anilines is 1. The number of hydrogen-bond acceptors (Lipinski definition) is 7. The molecule has 4 rings (SSSR count). The van der Waals surface area contributed by atoms with E-state index < -0.39 is 10.0 Å². The van der Waals surface area contributed by atoms with Crippen LogP contribution in [0.3, 0.4) is 0 Å². The van der Waals surface area contributed by atoms with Crippen molar-refractivity contribution in [1.82, 2.24) is 10.2 Å². The van der Waals surface area contributed by atoms with Crippen LogP contribution >= 0.6 is 0 Å². The predicted molar refractivity (Wildman–Crippen MR) is 118 cm³/mol. The molecule has 0 spiro atoms. The summed E-state index contributed by atoms with van der Waals surface area (Å²) in [4.78, 5) is 11.4. The molecule has 0 fully saturated rings. The van der Waals surface area contributed by atoms with Gasteiger partial charge in [-0.1, -0.05) is 30.3 Å². The summed E-state index contributed by atoms with van der Waals surface area (Å²) in [6.45, 7) is 1.50. The molecule has 9 heteroatoms. The number of aromatic nitrogens is 2. The van der Waals surface area contributed by atoms with Gasteiger partial charge in [0.15, 0.2) is 12.4 Å². The smallest absolute Gasteiger partial charge is 0.261 e. The van der Waals surface area contributed by atoms with Crippen LogP contribution in [0.5, 0.6) is 5.75 Å². The van der Waals surface area contributed by atoms with E-state index in [-0.39, 0.29) is 17.3 Å². The molecule has 0 saturated carbocycles. The number of rotatable bonds is 8. The maximum Gasteiger partial charge on any atom is 0.261 e. The molecule has 1 heterocycles. The Morgan fingerprint density at radius 3 is 2.28 bits per heavy atom. The maximum atomic E-state index is 12.5. The van der Waals surface area contributed by atoms with Gasteiger partial charge in [0.05, 0.1) is 4.90 Å². The van der Waals surface area contributed by atoms with Crippen molar-refractivity contribution < 1.29 is 22.4 Å². The zero-order chi connectivity index (χ0) is 22.6. The number of hydrogen-bond donors (Lipinski definition) is 1. The quantitative estimate of drug-likeness (QED) is 0.399. The Balaban J connectivity index is 1.37. The number of nitrogens with zero attached hydrogens (tertiary/aromatic N) is 2. The van der Waals surface area contributed by atoms with Crippen molar-refractivity contribution in [3.8, 4) is 17.2 Å². The Morgan fingerprint density at radius 2 is 1.62 bits per heavy atom. The maximum absolute atomic E-state index is 12.5. The number of carbonyl (C=O) groups is 1. The molecule has 0 radical (unpaired) electrons. The second-order valence-corrected chi connectivity index (χ2v) is 8.55. The zero-order valence-electron chi connectivity index (χ0n) is 17.1. The first-order valence-corrected chi connectivity index (χ1v) is 11.1. The highest BCUT2D eigenvalue weighted by molar-refractivity contribution is 7.92. The number of ketones is 1. The van der Waals surface area contributed by atoms with Crippen molar-refractivity contribution >= 4 is 21.5 Å². The number of Topliss-reactive ketones (excluding diaryl/α,β-unsaturated/α-hetero) is 1. The van der Waals surface area contributed by atoms with Gasteiger partial charge in [-0.25, -0.2) is 8.42 Å². The summed E-state index contributed by atoms with van der Waals surface area (Å²) < 4.78 is 38.8. The third kappa shape index (κ3) is 5.01. The molecule has 0 atom stereocenters. The highest BCUT2D eigenvalue weighted by atomic mass is 32.2. The average molecular weight is 449 g/mol. The van der Waals surface area contributed by atoms with Gasteiger partial charge in [-0.05, 0) is 55.5 Å². The monoisotopic (exact) mass is 449 g/mol. The highest BCUT2D eigenvalue weighted by Crippen LogP contribution is 2.22. The van der Waals surface area contributed by atoms with Crippen LogP contribution in [0.2, 0.25) is 0 Å². The van der Waals surface area contributed by atoms with E-state index in [1.54, 1.807) is 24.3 Å². The summed E-state index contributed by atoms with van der Waals surface area (Å²) in [7, 11) is -3.78. The zero-order valence-corrected chi connectivity index (χ0v) is 17.9. The standard InChI is InChI=1S/C23H19N3O5S/c1-16(27)17-7-13-21(14-8-17)32(28,29)26-19-9-11-20(12-10-19)30-15-22-24-25-23(31-22)18-5-3-2-4-6-18/h2-14,26H,15H2,1H3. The van der Waals surface area contributed by atoms with Gasteiger partial charge in [-0.2, -0.15) is 0 Å². The summed E-state index contributed by atoms with van der Waals surface area (Å²) in [6, 6.07) is 21.6. The molecule has 0 aliphatic rings. The van der Waals surface area contributed by atoms with Gasteiger partial charge < -0.3 is 9.15 Å². The Bertz CT molecular complexity index is 1320. The van der Waals surface area contributed by atoms with E-state index in [4.69, 9.17) is 9.15 Å². The lowest BCUT2D eigenvalue weighted by Gasteiger charge is -2.09. The fraction of sp³-hybridized carbons (Fsp3) is 0.0870. The van der Waals surface area contributed by atoms with Crippen molar-refractivity contribution in [2.75, 3.05) is 4.72 Å². The number of benzene rings is 3. The molecule has 0 bridgehead atoms. The van der Waals surface area contributed by atoms with Crippen LogP contribution in [0.25, 0.3) is 11.5 Å². The van der Waals surface area contributed by atoms with Crippen LogP contribution < -0.4 is 9.46 Å². The Hall–Kier alpha value is -3.98. The van der Waals surface area contributed by atoms with E-state index in [0.29, 0.717) is 28.8 Å². The molecule has 0 unspecified atom stereocenters.